The fourth-order valence-electron chi connectivity index (χ4n) is 2.54. The van der Waals surface area contributed by atoms with Crippen LogP contribution in [0.15, 0.2) is 43.4 Å². The van der Waals surface area contributed by atoms with Crippen molar-refractivity contribution in [2.75, 3.05) is 0 Å². The number of aryl methyl sites for hydroxylation is 1. The molecule has 8 heteroatoms. The minimum atomic E-state index is -0.389. The molecule has 3 aromatic rings. The minimum absolute atomic E-state index is 0.0885. The highest BCUT2D eigenvalue weighted by atomic mass is 79.9. The number of halogens is 1. The van der Waals surface area contributed by atoms with Crippen LogP contribution in [0.5, 0.6) is 0 Å². The summed E-state index contributed by atoms with van der Waals surface area (Å²) in [5.74, 6) is 1.38. The maximum atomic E-state index is 12.7. The van der Waals surface area contributed by atoms with E-state index in [0.717, 1.165) is 14.6 Å². The zero-order chi connectivity index (χ0) is 19.0. The van der Waals surface area contributed by atoms with Crippen LogP contribution in [0, 0.1) is 0 Å². The van der Waals surface area contributed by atoms with Gasteiger partial charge in [-0.15, -0.1) is 11.8 Å². The van der Waals surface area contributed by atoms with E-state index < -0.39 is 0 Å². The topological polar surface area (TPSA) is 69.8 Å². The second-order valence-corrected chi connectivity index (χ2v) is 8.24. The molecular weight excluding hydrogens is 416 g/mol. The molecule has 26 heavy (non-hydrogen) atoms. The van der Waals surface area contributed by atoms with Gasteiger partial charge in [-0.05, 0) is 17.7 Å². The Morgan fingerprint density at radius 1 is 1.08 bits per heavy atom. The van der Waals surface area contributed by atoms with Crippen LogP contribution < -0.4 is 11.2 Å². The lowest BCUT2D eigenvalue weighted by molar-refractivity contribution is 0.689. The number of rotatable bonds is 4. The Kier molecular flexibility index (Phi) is 5.34. The van der Waals surface area contributed by atoms with Gasteiger partial charge in [0.05, 0.1) is 0 Å². The van der Waals surface area contributed by atoms with Crippen LogP contribution in [0.3, 0.4) is 0 Å². The molecule has 2 heterocycles. The SMILES string of the molecule is CC(C)c1nc(SCc2ccc(Br)cc2)c2c(=O)n(C)c(=O)n(C)c2n1. The normalized spacial score (nSPS) is 11.5. The Labute approximate surface area is 163 Å². The van der Waals surface area contributed by atoms with Gasteiger partial charge in [0, 0.05) is 30.2 Å². The number of hydrogen-bond acceptors (Lipinski definition) is 5. The van der Waals surface area contributed by atoms with E-state index in [2.05, 4.69) is 25.9 Å². The maximum Gasteiger partial charge on any atom is 0.332 e. The molecule has 1 aromatic carbocycles. The molecule has 0 radical (unpaired) electrons. The van der Waals surface area contributed by atoms with E-state index in [1.807, 2.05) is 38.1 Å². The predicted molar refractivity (Wildman–Crippen MR) is 108 cm³/mol. The fraction of sp³-hybridized carbons (Fsp3) is 0.333. The van der Waals surface area contributed by atoms with E-state index in [0.29, 0.717) is 27.6 Å². The lowest BCUT2D eigenvalue weighted by Crippen LogP contribution is -2.37. The Balaban J connectivity index is 2.17. The molecule has 2 aromatic heterocycles. The third-order valence-corrected chi connectivity index (χ3v) is 5.66. The molecule has 136 valence electrons. The van der Waals surface area contributed by atoms with Gasteiger partial charge in [0.25, 0.3) is 5.56 Å². The van der Waals surface area contributed by atoms with E-state index in [1.54, 1.807) is 7.05 Å². The van der Waals surface area contributed by atoms with Crippen LogP contribution in [0.4, 0.5) is 0 Å². The van der Waals surface area contributed by atoms with Crippen molar-refractivity contribution in [1.29, 1.82) is 0 Å². The van der Waals surface area contributed by atoms with Crippen LogP contribution in [-0.4, -0.2) is 19.1 Å². The number of nitrogens with zero attached hydrogens (tertiary/aromatic N) is 4. The largest absolute Gasteiger partial charge is 0.332 e. The lowest BCUT2D eigenvalue weighted by atomic mass is 10.2. The molecule has 6 nitrogen and oxygen atoms in total. The van der Waals surface area contributed by atoms with E-state index >= 15 is 0 Å². The fourth-order valence-corrected chi connectivity index (χ4v) is 3.78. The van der Waals surface area contributed by atoms with Crippen LogP contribution in [-0.2, 0) is 19.8 Å². The molecule has 0 saturated heterocycles. The van der Waals surface area contributed by atoms with Gasteiger partial charge in [0.15, 0.2) is 5.65 Å². The smallest absolute Gasteiger partial charge is 0.280 e. The highest BCUT2D eigenvalue weighted by Crippen LogP contribution is 2.27. The Morgan fingerprint density at radius 2 is 1.73 bits per heavy atom. The maximum absolute atomic E-state index is 12.7. The Hall–Kier alpha value is -1.93. The average molecular weight is 435 g/mol. The summed E-state index contributed by atoms with van der Waals surface area (Å²) in [5.41, 5.74) is 0.754. The van der Waals surface area contributed by atoms with Gasteiger partial charge in [-0.1, -0.05) is 41.9 Å². The highest BCUT2D eigenvalue weighted by molar-refractivity contribution is 9.10. The molecule has 0 aliphatic heterocycles. The van der Waals surface area contributed by atoms with Crippen molar-refractivity contribution in [1.82, 2.24) is 19.1 Å². The Bertz CT molecular complexity index is 1090. The monoisotopic (exact) mass is 434 g/mol. The molecule has 0 fully saturated rings. The van der Waals surface area contributed by atoms with Gasteiger partial charge in [-0.3, -0.25) is 13.9 Å². The van der Waals surface area contributed by atoms with Crippen molar-refractivity contribution in [2.45, 2.75) is 30.5 Å². The third kappa shape index (κ3) is 3.48. The first-order valence-corrected chi connectivity index (χ1v) is 9.92. The van der Waals surface area contributed by atoms with E-state index in [-0.39, 0.29) is 17.2 Å². The number of aromatic nitrogens is 4. The number of fused-ring (bicyclic) bond motifs is 1. The summed E-state index contributed by atoms with van der Waals surface area (Å²) >= 11 is 4.91. The highest BCUT2D eigenvalue weighted by Gasteiger charge is 2.18. The van der Waals surface area contributed by atoms with Gasteiger partial charge in [-0.2, -0.15) is 0 Å². The first-order valence-electron chi connectivity index (χ1n) is 8.14. The van der Waals surface area contributed by atoms with Gasteiger partial charge in [-0.25, -0.2) is 14.8 Å². The van der Waals surface area contributed by atoms with Crippen molar-refractivity contribution in [3.8, 4) is 0 Å². The molecule has 0 amide bonds. The van der Waals surface area contributed by atoms with Gasteiger partial charge in [0.1, 0.15) is 16.2 Å². The van der Waals surface area contributed by atoms with Crippen molar-refractivity contribution in [2.24, 2.45) is 14.1 Å². The molecule has 0 atom stereocenters. The summed E-state index contributed by atoms with van der Waals surface area (Å²) in [5, 5.41) is 0.999. The standard InChI is InChI=1S/C18H19BrN4O2S/c1-10(2)14-20-15-13(17(24)23(4)18(25)22(15)3)16(21-14)26-9-11-5-7-12(19)8-6-11/h5-8,10H,9H2,1-4H3. The van der Waals surface area contributed by atoms with E-state index in [1.165, 1.54) is 23.4 Å². The summed E-state index contributed by atoms with van der Waals surface area (Å²) in [6.07, 6.45) is 0. The van der Waals surface area contributed by atoms with Gasteiger partial charge in [0.2, 0.25) is 0 Å². The summed E-state index contributed by atoms with van der Waals surface area (Å²) in [7, 11) is 3.11. The third-order valence-electron chi connectivity index (χ3n) is 4.09. The van der Waals surface area contributed by atoms with Crippen molar-refractivity contribution < 1.29 is 0 Å². The quantitative estimate of drug-likeness (QED) is 0.465. The van der Waals surface area contributed by atoms with Crippen LogP contribution >= 0.6 is 27.7 Å². The molecule has 0 aliphatic rings. The van der Waals surface area contributed by atoms with Crippen LogP contribution in [0.2, 0.25) is 0 Å². The number of hydrogen-bond donors (Lipinski definition) is 0. The molecule has 0 N–H and O–H groups in total. The number of thioether (sulfide) groups is 1. The molecule has 3 rings (SSSR count). The van der Waals surface area contributed by atoms with Gasteiger partial charge < -0.3 is 0 Å². The molecule has 0 spiro atoms. The second-order valence-electron chi connectivity index (χ2n) is 6.36. The zero-order valence-corrected chi connectivity index (χ0v) is 17.4. The zero-order valence-electron chi connectivity index (χ0n) is 15.0. The second kappa shape index (κ2) is 7.36. The molecule has 0 unspecified atom stereocenters. The Morgan fingerprint density at radius 3 is 2.35 bits per heavy atom. The van der Waals surface area contributed by atoms with Crippen molar-refractivity contribution in [3.63, 3.8) is 0 Å². The predicted octanol–water partition coefficient (Wildman–Crippen LogP) is 3.21. The average Bonchev–Trinajstić information content (AvgIpc) is 2.63. The van der Waals surface area contributed by atoms with Crippen LogP contribution in [0.25, 0.3) is 11.0 Å². The molecular formula is C18H19BrN4O2S. The molecule has 0 bridgehead atoms. The minimum Gasteiger partial charge on any atom is -0.280 e. The van der Waals surface area contributed by atoms with Gasteiger partial charge >= 0.3 is 5.69 Å². The van der Waals surface area contributed by atoms with Crippen LogP contribution in [0.1, 0.15) is 31.2 Å². The lowest BCUT2D eigenvalue weighted by Gasteiger charge is -2.13. The summed E-state index contributed by atoms with van der Waals surface area (Å²) < 4.78 is 3.53. The first-order chi connectivity index (χ1) is 12.3. The van der Waals surface area contributed by atoms with Crippen molar-refractivity contribution >= 4 is 38.7 Å². The van der Waals surface area contributed by atoms with E-state index in [9.17, 15) is 9.59 Å². The molecule has 0 saturated carbocycles. The summed E-state index contributed by atoms with van der Waals surface area (Å²) in [6.45, 7) is 3.98. The number of benzene rings is 1. The summed E-state index contributed by atoms with van der Waals surface area (Å²) in [4.78, 5) is 34.1. The van der Waals surface area contributed by atoms with E-state index in [4.69, 9.17) is 0 Å². The first kappa shape index (κ1) is 18.8. The summed E-state index contributed by atoms with van der Waals surface area (Å²) in [6, 6.07) is 8.02. The van der Waals surface area contributed by atoms with Crippen molar-refractivity contribution in [3.05, 3.63) is 61.0 Å². The molecule has 0 aliphatic carbocycles.